The summed E-state index contributed by atoms with van der Waals surface area (Å²) in [5.41, 5.74) is 8.36. The monoisotopic (exact) mass is 369 g/mol. The third-order valence-corrected chi connectivity index (χ3v) is 8.04. The highest BCUT2D eigenvalue weighted by Crippen LogP contribution is 2.65. The lowest BCUT2D eigenvalue weighted by Gasteiger charge is -2.64. The quantitative estimate of drug-likeness (QED) is 0.693. The summed E-state index contributed by atoms with van der Waals surface area (Å²) < 4.78 is 6.44. The van der Waals surface area contributed by atoms with E-state index in [0.717, 1.165) is 56.0 Å². The zero-order valence-corrected chi connectivity index (χ0v) is 15.5. The second-order valence-corrected chi connectivity index (χ2v) is 9.28. The van der Waals surface area contributed by atoms with E-state index >= 15 is 0 Å². The summed E-state index contributed by atoms with van der Waals surface area (Å²) in [5, 5.41) is 15.0. The van der Waals surface area contributed by atoms with Gasteiger partial charge in [-0.3, -0.25) is 9.69 Å². The molecule has 27 heavy (non-hydrogen) atoms. The van der Waals surface area contributed by atoms with Gasteiger partial charge in [-0.1, -0.05) is 6.07 Å². The van der Waals surface area contributed by atoms with Crippen LogP contribution in [0.5, 0.6) is 5.75 Å². The largest absolute Gasteiger partial charge is 0.485 e. The number of hydrogen-bond donors (Lipinski definition) is 3. The Bertz CT molecular complexity index is 825. The smallest absolute Gasteiger partial charge is 0.211 e. The van der Waals surface area contributed by atoms with Gasteiger partial charge in [0.05, 0.1) is 16.7 Å². The Balaban J connectivity index is 1.55. The summed E-state index contributed by atoms with van der Waals surface area (Å²) in [5.74, 6) is 1.55. The molecule has 6 rings (SSSR count). The van der Waals surface area contributed by atoms with Crippen LogP contribution in [-0.2, 0) is 16.6 Å². The Morgan fingerprint density at radius 3 is 2.96 bits per heavy atom. The molecule has 144 valence electrons. The van der Waals surface area contributed by atoms with Crippen molar-refractivity contribution in [1.29, 1.82) is 0 Å². The summed E-state index contributed by atoms with van der Waals surface area (Å²) in [6, 6.07) is 4.09. The van der Waals surface area contributed by atoms with Crippen LogP contribution in [-0.4, -0.2) is 53.3 Å². The molecule has 3 fully saturated rings. The summed E-state index contributed by atoms with van der Waals surface area (Å²) in [6.07, 6.45) is 6.34. The van der Waals surface area contributed by atoms with E-state index < -0.39 is 11.0 Å². The minimum atomic E-state index is -0.807. The predicted molar refractivity (Wildman–Crippen MR) is 101 cm³/mol. The second kappa shape index (κ2) is 5.25. The Labute approximate surface area is 159 Å². The van der Waals surface area contributed by atoms with E-state index in [4.69, 9.17) is 10.5 Å². The van der Waals surface area contributed by atoms with E-state index in [1.807, 2.05) is 6.07 Å². The van der Waals surface area contributed by atoms with E-state index in [-0.39, 0.29) is 18.2 Å². The van der Waals surface area contributed by atoms with Crippen molar-refractivity contribution in [3.8, 4) is 5.75 Å². The van der Waals surface area contributed by atoms with Gasteiger partial charge >= 0.3 is 0 Å². The SMILES string of the molecule is NC1CC[C@@]2(O)[C@H]3Cc4ccc(NC=O)c5c4[C@@]2(CCN3CC2CC2)C1O5. The molecule has 3 aliphatic carbocycles. The number of carbonyl (C=O) groups excluding carboxylic acids is 1. The number of likely N-dealkylation sites (tertiary alicyclic amines) is 1. The van der Waals surface area contributed by atoms with Crippen LogP contribution in [0.3, 0.4) is 0 Å². The number of aliphatic hydroxyl groups is 1. The maximum atomic E-state index is 12.2. The van der Waals surface area contributed by atoms with Crippen LogP contribution in [0.25, 0.3) is 0 Å². The molecule has 4 N–H and O–H groups in total. The van der Waals surface area contributed by atoms with Crippen molar-refractivity contribution in [3.63, 3.8) is 0 Å². The summed E-state index contributed by atoms with van der Waals surface area (Å²) >= 11 is 0. The van der Waals surface area contributed by atoms with Gasteiger partial charge in [-0.25, -0.2) is 0 Å². The van der Waals surface area contributed by atoms with Crippen LogP contribution in [0.15, 0.2) is 12.1 Å². The molecule has 0 radical (unpaired) electrons. The number of hydrogen-bond acceptors (Lipinski definition) is 5. The van der Waals surface area contributed by atoms with Gasteiger partial charge in [0.2, 0.25) is 6.41 Å². The zero-order chi connectivity index (χ0) is 18.4. The third-order valence-electron chi connectivity index (χ3n) is 8.04. The number of ether oxygens (including phenoxy) is 1. The summed E-state index contributed by atoms with van der Waals surface area (Å²) in [4.78, 5) is 13.6. The molecule has 5 aliphatic rings. The molecule has 5 atom stereocenters. The van der Waals surface area contributed by atoms with Gasteiger partial charge in [-0.2, -0.15) is 0 Å². The fourth-order valence-corrected chi connectivity index (χ4v) is 6.71. The predicted octanol–water partition coefficient (Wildman–Crippen LogP) is 1.15. The molecular weight excluding hydrogens is 342 g/mol. The van der Waals surface area contributed by atoms with Crippen LogP contribution in [0.1, 0.15) is 43.2 Å². The first-order valence-electron chi connectivity index (χ1n) is 10.3. The number of nitrogens with one attached hydrogen (secondary N) is 1. The molecule has 2 unspecified atom stereocenters. The van der Waals surface area contributed by atoms with Gasteiger partial charge in [0.25, 0.3) is 0 Å². The van der Waals surface area contributed by atoms with E-state index in [2.05, 4.69) is 16.3 Å². The van der Waals surface area contributed by atoms with Crippen molar-refractivity contribution >= 4 is 12.1 Å². The molecule has 2 heterocycles. The van der Waals surface area contributed by atoms with Gasteiger partial charge in [0.15, 0.2) is 0 Å². The van der Waals surface area contributed by atoms with Crippen LogP contribution < -0.4 is 15.8 Å². The average Bonchev–Trinajstić information content (AvgIpc) is 3.39. The van der Waals surface area contributed by atoms with Crippen LogP contribution in [0.4, 0.5) is 5.69 Å². The van der Waals surface area contributed by atoms with Crippen molar-refractivity contribution in [2.24, 2.45) is 11.7 Å². The Hall–Kier alpha value is -1.63. The maximum Gasteiger partial charge on any atom is 0.211 e. The maximum absolute atomic E-state index is 12.2. The summed E-state index contributed by atoms with van der Waals surface area (Å²) in [7, 11) is 0. The highest BCUT2D eigenvalue weighted by atomic mass is 16.5. The minimum Gasteiger partial charge on any atom is -0.485 e. The van der Waals surface area contributed by atoms with E-state index in [1.165, 1.54) is 18.4 Å². The van der Waals surface area contributed by atoms with Gasteiger partial charge in [-0.05, 0) is 62.6 Å². The van der Waals surface area contributed by atoms with E-state index in [0.29, 0.717) is 12.1 Å². The molecule has 1 aromatic carbocycles. The second-order valence-electron chi connectivity index (χ2n) is 9.28. The van der Waals surface area contributed by atoms with E-state index in [9.17, 15) is 9.90 Å². The molecular formula is C21H27N3O3. The van der Waals surface area contributed by atoms with Gasteiger partial charge in [-0.15, -0.1) is 0 Å². The highest BCUT2D eigenvalue weighted by molar-refractivity contribution is 5.79. The fourth-order valence-electron chi connectivity index (χ4n) is 6.71. The molecule has 1 aromatic rings. The third kappa shape index (κ3) is 1.89. The van der Waals surface area contributed by atoms with Crippen LogP contribution in [0.2, 0.25) is 0 Å². The molecule has 1 amide bonds. The molecule has 2 bridgehead atoms. The van der Waals surface area contributed by atoms with Crippen molar-refractivity contribution in [3.05, 3.63) is 23.3 Å². The molecule has 6 nitrogen and oxygen atoms in total. The first-order valence-corrected chi connectivity index (χ1v) is 10.3. The average molecular weight is 369 g/mol. The van der Waals surface area contributed by atoms with Crippen molar-refractivity contribution in [2.45, 2.75) is 67.7 Å². The number of nitrogens with two attached hydrogens (primary N) is 1. The van der Waals surface area contributed by atoms with Crippen LogP contribution >= 0.6 is 0 Å². The minimum absolute atomic E-state index is 0.0941. The first kappa shape index (κ1) is 16.3. The first-order chi connectivity index (χ1) is 13.1. The number of nitrogens with zero attached hydrogens (tertiary/aromatic N) is 1. The lowest BCUT2D eigenvalue weighted by molar-refractivity contribution is -0.189. The standard InChI is InChI=1S/C21H27N3O3/c22-14-5-6-21(26)16-9-13-3-4-15(23-11-25)18-17(13)20(21,19(14)27-18)7-8-24(16)10-12-1-2-12/h3-4,11-12,14,16,19,26H,1-2,5-10,22H2,(H,23,25)/t14?,16-,19?,20+,21-/m1/s1. The highest BCUT2D eigenvalue weighted by Gasteiger charge is 2.72. The number of rotatable bonds is 4. The number of carbonyl (C=O) groups is 1. The number of benzene rings is 1. The molecule has 0 aromatic heterocycles. The molecule has 6 heteroatoms. The van der Waals surface area contributed by atoms with Gasteiger partial charge < -0.3 is 20.9 Å². The van der Waals surface area contributed by atoms with Crippen molar-refractivity contribution in [2.75, 3.05) is 18.4 Å². The van der Waals surface area contributed by atoms with Crippen molar-refractivity contribution < 1.29 is 14.6 Å². The Morgan fingerprint density at radius 2 is 2.19 bits per heavy atom. The van der Waals surface area contributed by atoms with Crippen molar-refractivity contribution in [1.82, 2.24) is 4.90 Å². The topological polar surface area (TPSA) is 87.8 Å². The number of amides is 1. The molecule has 2 saturated carbocycles. The lowest BCUT2D eigenvalue weighted by Crippen LogP contribution is -2.77. The Morgan fingerprint density at radius 1 is 1.33 bits per heavy atom. The lowest BCUT2D eigenvalue weighted by atomic mass is 9.48. The molecule has 2 aliphatic heterocycles. The number of piperidine rings is 1. The van der Waals surface area contributed by atoms with Gasteiger partial charge in [0.1, 0.15) is 11.9 Å². The fraction of sp³-hybridized carbons (Fsp3) is 0.667. The molecule has 1 spiro atoms. The van der Waals surface area contributed by atoms with Gasteiger partial charge in [0, 0.05) is 24.2 Å². The zero-order valence-electron chi connectivity index (χ0n) is 15.5. The molecule has 1 saturated heterocycles. The number of anilines is 1. The van der Waals surface area contributed by atoms with E-state index in [1.54, 1.807) is 0 Å². The normalized spacial score (nSPS) is 41.6. The van der Waals surface area contributed by atoms with Crippen LogP contribution in [0, 0.1) is 5.92 Å². The summed E-state index contributed by atoms with van der Waals surface area (Å²) in [6.45, 7) is 2.09. The Kier molecular flexibility index (Phi) is 3.17.